The van der Waals surface area contributed by atoms with E-state index in [0.717, 1.165) is 16.0 Å². The first-order valence-electron chi connectivity index (χ1n) is 5.37. The number of halogens is 1. The monoisotopic (exact) mass is 224 g/mol. The fraction of sp³-hybridized carbons (Fsp3) is 0. The molecule has 0 radical (unpaired) electrons. The number of benzene rings is 1. The molecule has 0 amide bonds. The van der Waals surface area contributed by atoms with Gasteiger partial charge in [-0.25, -0.2) is 4.39 Å². The lowest BCUT2D eigenvalue weighted by atomic mass is 10.1. The van der Waals surface area contributed by atoms with Gasteiger partial charge in [-0.2, -0.15) is 0 Å². The molecule has 0 saturated carbocycles. The Morgan fingerprint density at radius 2 is 1.59 bits per heavy atom. The first kappa shape index (κ1) is 11.3. The second-order valence-electron chi connectivity index (χ2n) is 3.88. The quantitative estimate of drug-likeness (QED) is 0.645. The van der Waals surface area contributed by atoms with Gasteiger partial charge >= 0.3 is 0 Å². The Balaban J connectivity index is 2.99. The van der Waals surface area contributed by atoms with E-state index in [0.29, 0.717) is 5.22 Å². The van der Waals surface area contributed by atoms with Crippen molar-refractivity contribution in [3.05, 3.63) is 70.9 Å². The molecule has 0 nitrogen and oxygen atoms in total. The molecule has 84 valence electrons. The van der Waals surface area contributed by atoms with Gasteiger partial charge in [0.2, 0.25) is 0 Å². The van der Waals surface area contributed by atoms with Gasteiger partial charge in [0.05, 0.1) is 0 Å². The molecule has 2 aromatic rings. The molecule has 0 heterocycles. The Labute approximate surface area is 99.7 Å². The summed E-state index contributed by atoms with van der Waals surface area (Å²) in [5.41, 5.74) is 0. The number of hydrogen-bond donors (Lipinski definition) is 0. The minimum absolute atomic E-state index is 0.319. The Kier molecular flexibility index (Phi) is 3.20. The molecular weight excluding hydrogens is 211 g/mol. The van der Waals surface area contributed by atoms with E-state index in [2.05, 4.69) is 13.2 Å². The lowest BCUT2D eigenvalue weighted by Crippen LogP contribution is -1.97. The molecule has 2 rings (SSSR count). The predicted octanol–water partition coefficient (Wildman–Crippen LogP) is 2.92. The zero-order chi connectivity index (χ0) is 12.3. The van der Waals surface area contributed by atoms with Crippen LogP contribution in [0.5, 0.6) is 0 Å². The lowest BCUT2D eigenvalue weighted by molar-refractivity contribution is 0.628. The molecule has 0 aliphatic rings. The molecule has 2 aromatic carbocycles. The highest BCUT2D eigenvalue weighted by Crippen LogP contribution is 2.05. The van der Waals surface area contributed by atoms with Gasteiger partial charge in [0.1, 0.15) is 5.82 Å². The van der Waals surface area contributed by atoms with E-state index in [1.807, 2.05) is 30.3 Å². The summed E-state index contributed by atoms with van der Waals surface area (Å²) in [5.74, 6) is -0.319. The Morgan fingerprint density at radius 1 is 0.824 bits per heavy atom. The molecule has 0 spiro atoms. The first-order valence-corrected chi connectivity index (χ1v) is 5.37. The molecule has 17 heavy (non-hydrogen) atoms. The van der Waals surface area contributed by atoms with Crippen LogP contribution in [0.4, 0.5) is 4.39 Å². The summed E-state index contributed by atoms with van der Waals surface area (Å²) in [4.78, 5) is 0. The van der Waals surface area contributed by atoms with Crippen LogP contribution in [-0.2, 0) is 0 Å². The Bertz CT molecular complexity index is 700. The highest BCUT2D eigenvalue weighted by molar-refractivity contribution is 5.81. The van der Waals surface area contributed by atoms with Crippen LogP contribution in [0.2, 0.25) is 0 Å². The van der Waals surface area contributed by atoms with Crippen molar-refractivity contribution in [2.45, 2.75) is 0 Å². The first-order chi connectivity index (χ1) is 8.16. The molecule has 0 N–H and O–H groups in total. The topological polar surface area (TPSA) is 0 Å². The third-order valence-corrected chi connectivity index (χ3v) is 2.55. The molecule has 1 heteroatoms. The molecule has 0 unspecified atom stereocenters. The Hall–Kier alpha value is -2.15. The zero-order valence-electron chi connectivity index (χ0n) is 9.49. The van der Waals surface area contributed by atoms with Gasteiger partial charge in [-0.05, 0) is 33.3 Å². The summed E-state index contributed by atoms with van der Waals surface area (Å²) in [5, 5.41) is 3.48. The minimum Gasteiger partial charge on any atom is -0.207 e. The minimum atomic E-state index is -0.319. The zero-order valence-corrected chi connectivity index (χ0v) is 9.49. The molecule has 0 aromatic heterocycles. The largest absolute Gasteiger partial charge is 0.207 e. The van der Waals surface area contributed by atoms with E-state index in [1.54, 1.807) is 12.1 Å². The summed E-state index contributed by atoms with van der Waals surface area (Å²) in [6.07, 6.45) is 0. The van der Waals surface area contributed by atoms with Gasteiger partial charge in [0.25, 0.3) is 0 Å². The summed E-state index contributed by atoms with van der Waals surface area (Å²) >= 11 is 0. The second kappa shape index (κ2) is 4.79. The summed E-state index contributed by atoms with van der Waals surface area (Å²) in [7, 11) is 0. The number of hydrogen-bond acceptors (Lipinski definition) is 0. The van der Waals surface area contributed by atoms with Crippen molar-refractivity contribution in [1.29, 1.82) is 0 Å². The van der Waals surface area contributed by atoms with Crippen LogP contribution in [0.25, 0.3) is 23.9 Å². The third-order valence-electron chi connectivity index (χ3n) is 2.55. The van der Waals surface area contributed by atoms with Gasteiger partial charge in [0.15, 0.2) is 0 Å². The van der Waals surface area contributed by atoms with Crippen LogP contribution < -0.4 is 10.4 Å². The van der Waals surface area contributed by atoms with E-state index in [4.69, 9.17) is 0 Å². The molecule has 0 saturated heterocycles. The highest BCUT2D eigenvalue weighted by atomic mass is 19.1. The van der Waals surface area contributed by atoms with E-state index in [1.165, 1.54) is 12.1 Å². The molecule has 0 aliphatic carbocycles. The van der Waals surface area contributed by atoms with Crippen molar-refractivity contribution in [3.63, 3.8) is 0 Å². The molecule has 0 atom stereocenters. The summed E-state index contributed by atoms with van der Waals surface area (Å²) in [6.45, 7) is 7.72. The van der Waals surface area contributed by atoms with Crippen molar-refractivity contribution in [3.8, 4) is 0 Å². The molecule has 0 aliphatic heterocycles. The molecule has 0 bridgehead atoms. The van der Waals surface area contributed by atoms with Gasteiger partial charge < -0.3 is 0 Å². The number of rotatable bonds is 0. The maximum Gasteiger partial charge on any atom is 0.123 e. The van der Waals surface area contributed by atoms with Gasteiger partial charge in [-0.15, -0.1) is 0 Å². The SMILES string of the molecule is C=c1ccc2ccccc2c(=C)ccc(F)c1. The molecular formula is C16H13F. The smallest absolute Gasteiger partial charge is 0.123 e. The number of fused-ring (bicyclic) bond motifs is 1. The van der Waals surface area contributed by atoms with Crippen LogP contribution >= 0.6 is 0 Å². The van der Waals surface area contributed by atoms with Crippen LogP contribution in [-0.4, -0.2) is 0 Å². The summed E-state index contributed by atoms with van der Waals surface area (Å²) < 4.78 is 13.4. The maximum atomic E-state index is 13.4. The lowest BCUT2D eigenvalue weighted by Gasteiger charge is -1.93. The third kappa shape index (κ3) is 2.70. The van der Waals surface area contributed by atoms with E-state index >= 15 is 0 Å². The Morgan fingerprint density at radius 3 is 2.41 bits per heavy atom. The van der Waals surface area contributed by atoms with Crippen LogP contribution in [0.3, 0.4) is 0 Å². The van der Waals surface area contributed by atoms with Gasteiger partial charge in [-0.3, -0.25) is 0 Å². The maximum absolute atomic E-state index is 13.4. The highest BCUT2D eigenvalue weighted by Gasteiger charge is 1.88. The van der Waals surface area contributed by atoms with E-state index < -0.39 is 0 Å². The van der Waals surface area contributed by atoms with Crippen molar-refractivity contribution in [2.75, 3.05) is 0 Å². The standard InChI is InChI=1S/C16H13F/c1-12-7-9-14-5-3-4-6-16(14)13(2)8-10-15(17)11-12/h3-11H,1-2H2. The van der Waals surface area contributed by atoms with E-state index in [9.17, 15) is 4.39 Å². The summed E-state index contributed by atoms with van der Waals surface area (Å²) in [6, 6.07) is 16.1. The van der Waals surface area contributed by atoms with Crippen LogP contribution in [0.1, 0.15) is 0 Å². The van der Waals surface area contributed by atoms with E-state index in [-0.39, 0.29) is 5.82 Å². The second-order valence-corrected chi connectivity index (χ2v) is 3.88. The van der Waals surface area contributed by atoms with Gasteiger partial charge in [-0.1, -0.05) is 55.6 Å². The van der Waals surface area contributed by atoms with Gasteiger partial charge in [0, 0.05) is 0 Å². The van der Waals surface area contributed by atoms with Crippen molar-refractivity contribution in [1.82, 2.24) is 0 Å². The van der Waals surface area contributed by atoms with Crippen molar-refractivity contribution < 1.29 is 4.39 Å². The van der Waals surface area contributed by atoms with Crippen LogP contribution in [0, 0.1) is 5.82 Å². The fourth-order valence-corrected chi connectivity index (χ4v) is 1.67. The fourth-order valence-electron chi connectivity index (χ4n) is 1.67. The van der Waals surface area contributed by atoms with Crippen molar-refractivity contribution in [2.24, 2.45) is 0 Å². The molecule has 0 fully saturated rings. The average Bonchev–Trinajstić information content (AvgIpc) is 2.33. The average molecular weight is 224 g/mol. The van der Waals surface area contributed by atoms with Crippen LogP contribution in [0.15, 0.2) is 54.6 Å². The predicted molar refractivity (Wildman–Crippen MR) is 71.8 cm³/mol. The normalized spacial score (nSPS) is 9.94. The van der Waals surface area contributed by atoms with Crippen molar-refractivity contribution >= 4 is 23.9 Å².